The van der Waals surface area contributed by atoms with Crippen LogP contribution >= 0.6 is 15.9 Å². The molecule has 1 unspecified atom stereocenters. The summed E-state index contributed by atoms with van der Waals surface area (Å²) in [5.41, 5.74) is 2.14. The van der Waals surface area contributed by atoms with Gasteiger partial charge in [-0.2, -0.15) is 0 Å². The predicted molar refractivity (Wildman–Crippen MR) is 66.8 cm³/mol. The van der Waals surface area contributed by atoms with Gasteiger partial charge in [0.2, 0.25) is 0 Å². The molecule has 2 rings (SSSR count). The minimum absolute atomic E-state index is 0.0769. The second kappa shape index (κ2) is 4.45. The molecule has 4 heteroatoms. The molecular weight excluding hydrogens is 273 g/mol. The largest absolute Gasteiger partial charge is 0.489 e. The summed E-state index contributed by atoms with van der Waals surface area (Å²) < 4.78 is 18.9. The quantitative estimate of drug-likeness (QED) is 0.907. The van der Waals surface area contributed by atoms with Crippen LogP contribution in [0.2, 0.25) is 0 Å². The highest BCUT2D eigenvalue weighted by atomic mass is 79.9. The molecule has 0 bridgehead atoms. The molecular formula is C12H13BrFNO. The summed E-state index contributed by atoms with van der Waals surface area (Å²) in [5, 5.41) is 1.07. The van der Waals surface area contributed by atoms with Crippen molar-refractivity contribution in [3.63, 3.8) is 0 Å². The number of aryl methyl sites for hydroxylation is 1. The fourth-order valence-electron chi connectivity index (χ4n) is 1.59. The lowest BCUT2D eigenvalue weighted by Crippen LogP contribution is -2.08. The maximum atomic E-state index is 12.7. The molecule has 1 aromatic heterocycles. The lowest BCUT2D eigenvalue weighted by molar-refractivity contribution is 0.209. The molecule has 0 aliphatic carbocycles. The highest BCUT2D eigenvalue weighted by Gasteiger charge is 2.07. The van der Waals surface area contributed by atoms with Crippen LogP contribution in [0.1, 0.15) is 12.6 Å². The van der Waals surface area contributed by atoms with E-state index in [9.17, 15) is 4.39 Å². The monoisotopic (exact) mass is 285 g/mol. The molecule has 0 aliphatic heterocycles. The normalized spacial score (nSPS) is 13.0. The van der Waals surface area contributed by atoms with Gasteiger partial charge in [0, 0.05) is 16.6 Å². The topological polar surface area (TPSA) is 25.0 Å². The lowest BCUT2D eigenvalue weighted by Gasteiger charge is -2.08. The smallest absolute Gasteiger partial charge is 0.134 e. The number of H-pyrrole nitrogens is 1. The van der Waals surface area contributed by atoms with Gasteiger partial charge in [0.15, 0.2) is 0 Å². The lowest BCUT2D eigenvalue weighted by atomic mass is 10.2. The fraction of sp³-hybridized carbons (Fsp3) is 0.333. The highest BCUT2D eigenvalue weighted by Crippen LogP contribution is 2.30. The van der Waals surface area contributed by atoms with Gasteiger partial charge in [-0.1, -0.05) is 0 Å². The minimum atomic E-state index is -0.962. The van der Waals surface area contributed by atoms with Gasteiger partial charge in [-0.3, -0.25) is 0 Å². The maximum Gasteiger partial charge on any atom is 0.134 e. The first kappa shape index (κ1) is 11.5. The number of ether oxygens (including phenoxy) is 1. The molecule has 1 aromatic carbocycles. The number of hydrogen-bond acceptors (Lipinski definition) is 1. The number of rotatable bonds is 3. The Morgan fingerprint density at radius 2 is 2.19 bits per heavy atom. The molecule has 0 saturated heterocycles. The average Bonchev–Trinajstić information content (AvgIpc) is 2.53. The summed E-state index contributed by atoms with van der Waals surface area (Å²) in [5.74, 6) is 0.677. The summed E-state index contributed by atoms with van der Waals surface area (Å²) in [4.78, 5) is 3.23. The van der Waals surface area contributed by atoms with Gasteiger partial charge in [-0.25, -0.2) is 4.39 Å². The summed E-state index contributed by atoms with van der Waals surface area (Å²) in [6.45, 7) is 3.55. The van der Waals surface area contributed by atoms with Crippen molar-refractivity contribution in [1.82, 2.24) is 4.98 Å². The first-order valence-electron chi connectivity index (χ1n) is 5.12. The molecule has 0 aliphatic rings. The molecule has 0 fully saturated rings. The van der Waals surface area contributed by atoms with E-state index in [1.54, 1.807) is 0 Å². The molecule has 16 heavy (non-hydrogen) atoms. The Kier molecular flexibility index (Phi) is 3.19. The van der Waals surface area contributed by atoms with Crippen LogP contribution in [0.5, 0.6) is 5.75 Å². The van der Waals surface area contributed by atoms with Gasteiger partial charge >= 0.3 is 0 Å². The zero-order valence-corrected chi connectivity index (χ0v) is 10.8. The fourth-order valence-corrected chi connectivity index (χ4v) is 2.05. The van der Waals surface area contributed by atoms with Crippen molar-refractivity contribution < 1.29 is 9.13 Å². The van der Waals surface area contributed by atoms with Crippen LogP contribution in [0.4, 0.5) is 4.39 Å². The Hall–Kier alpha value is -1.03. The third-order valence-corrected chi connectivity index (χ3v) is 2.90. The standard InChI is InChI=1S/C12H13BrFNO/c1-7(14)6-16-12-4-9-3-8(2)15-11(9)5-10(12)13/h3-5,7,15H,6H2,1-2H3. The van der Waals surface area contributed by atoms with Gasteiger partial charge in [-0.05, 0) is 48.0 Å². The number of benzene rings is 1. The van der Waals surface area contributed by atoms with E-state index in [4.69, 9.17) is 4.74 Å². The third-order valence-electron chi connectivity index (χ3n) is 2.28. The van der Waals surface area contributed by atoms with E-state index in [1.165, 1.54) is 6.92 Å². The number of alkyl halides is 1. The number of nitrogens with one attached hydrogen (secondary N) is 1. The molecule has 2 aromatic rings. The number of aromatic nitrogens is 1. The van der Waals surface area contributed by atoms with E-state index < -0.39 is 6.17 Å². The SMILES string of the molecule is Cc1cc2cc(OCC(C)F)c(Br)cc2[nH]1. The van der Waals surface area contributed by atoms with E-state index in [1.807, 2.05) is 25.1 Å². The van der Waals surface area contributed by atoms with Crippen molar-refractivity contribution in [2.75, 3.05) is 6.61 Å². The molecule has 0 radical (unpaired) electrons. The number of halogens is 2. The van der Waals surface area contributed by atoms with E-state index >= 15 is 0 Å². The average molecular weight is 286 g/mol. The highest BCUT2D eigenvalue weighted by molar-refractivity contribution is 9.10. The summed E-state index contributed by atoms with van der Waals surface area (Å²) in [6, 6.07) is 5.89. The molecule has 1 atom stereocenters. The van der Waals surface area contributed by atoms with Crippen LogP contribution in [0.25, 0.3) is 10.9 Å². The van der Waals surface area contributed by atoms with E-state index in [2.05, 4.69) is 20.9 Å². The molecule has 0 spiro atoms. The Balaban J connectivity index is 2.34. The van der Waals surface area contributed by atoms with E-state index in [-0.39, 0.29) is 6.61 Å². The number of fused-ring (bicyclic) bond motifs is 1. The first-order chi connectivity index (χ1) is 7.56. The Labute approximate surface area is 102 Å². The first-order valence-corrected chi connectivity index (χ1v) is 5.91. The van der Waals surface area contributed by atoms with Gasteiger partial charge < -0.3 is 9.72 Å². The second-order valence-corrected chi connectivity index (χ2v) is 4.77. The molecule has 2 nitrogen and oxygen atoms in total. The zero-order chi connectivity index (χ0) is 11.7. The third kappa shape index (κ3) is 2.38. The van der Waals surface area contributed by atoms with Gasteiger partial charge in [0.05, 0.1) is 4.47 Å². The van der Waals surface area contributed by atoms with Crippen molar-refractivity contribution in [3.8, 4) is 5.75 Å². The molecule has 1 N–H and O–H groups in total. The Bertz CT molecular complexity index is 507. The van der Waals surface area contributed by atoms with Gasteiger partial charge in [-0.15, -0.1) is 0 Å². The second-order valence-electron chi connectivity index (χ2n) is 3.91. The Morgan fingerprint density at radius 3 is 2.88 bits per heavy atom. The molecule has 0 saturated carbocycles. The molecule has 1 heterocycles. The van der Waals surface area contributed by atoms with Gasteiger partial charge in [0.1, 0.15) is 18.5 Å². The van der Waals surface area contributed by atoms with Crippen LogP contribution in [0, 0.1) is 6.92 Å². The van der Waals surface area contributed by atoms with Crippen LogP contribution < -0.4 is 4.74 Å². The van der Waals surface area contributed by atoms with Crippen molar-refractivity contribution in [1.29, 1.82) is 0 Å². The Morgan fingerprint density at radius 1 is 1.44 bits per heavy atom. The minimum Gasteiger partial charge on any atom is -0.489 e. The van der Waals surface area contributed by atoms with Crippen LogP contribution in [0.3, 0.4) is 0 Å². The van der Waals surface area contributed by atoms with E-state index in [0.717, 1.165) is 21.1 Å². The predicted octanol–water partition coefficient (Wildman–Crippen LogP) is 3.98. The van der Waals surface area contributed by atoms with Crippen molar-refractivity contribution in [2.24, 2.45) is 0 Å². The van der Waals surface area contributed by atoms with Crippen molar-refractivity contribution in [2.45, 2.75) is 20.0 Å². The number of hydrogen-bond donors (Lipinski definition) is 1. The maximum absolute atomic E-state index is 12.7. The number of aromatic amines is 1. The summed E-state index contributed by atoms with van der Waals surface area (Å²) in [7, 11) is 0. The van der Waals surface area contributed by atoms with Crippen LogP contribution in [0.15, 0.2) is 22.7 Å². The van der Waals surface area contributed by atoms with Crippen molar-refractivity contribution in [3.05, 3.63) is 28.4 Å². The van der Waals surface area contributed by atoms with Gasteiger partial charge in [0.25, 0.3) is 0 Å². The summed E-state index contributed by atoms with van der Waals surface area (Å²) in [6.07, 6.45) is -0.962. The van der Waals surface area contributed by atoms with Crippen LogP contribution in [-0.2, 0) is 0 Å². The molecule has 86 valence electrons. The van der Waals surface area contributed by atoms with Crippen LogP contribution in [-0.4, -0.2) is 17.8 Å². The zero-order valence-electron chi connectivity index (χ0n) is 9.18. The van der Waals surface area contributed by atoms with E-state index in [0.29, 0.717) is 5.75 Å². The summed E-state index contributed by atoms with van der Waals surface area (Å²) >= 11 is 3.41. The molecule has 0 amide bonds. The van der Waals surface area contributed by atoms with Crippen molar-refractivity contribution >= 4 is 26.8 Å².